The maximum atomic E-state index is 9.80. The van der Waals surface area contributed by atoms with Crippen LogP contribution in [0.4, 0.5) is 0 Å². The predicted octanol–water partition coefficient (Wildman–Crippen LogP) is 1.12. The van der Waals surface area contributed by atoms with Crippen molar-refractivity contribution in [2.45, 2.75) is 38.3 Å². The monoisotopic (exact) mass is 221 g/mol. The lowest BCUT2D eigenvalue weighted by Crippen LogP contribution is -2.33. The summed E-state index contributed by atoms with van der Waals surface area (Å²) in [6.07, 6.45) is 9.57. The number of aliphatic hydroxyl groups is 1. The highest BCUT2D eigenvalue weighted by Gasteiger charge is 2.22. The highest BCUT2D eigenvalue weighted by Crippen LogP contribution is 2.23. The van der Waals surface area contributed by atoms with Crippen LogP contribution in [0.2, 0.25) is 0 Å². The van der Waals surface area contributed by atoms with Gasteiger partial charge in [-0.3, -0.25) is 0 Å². The lowest BCUT2D eigenvalue weighted by atomic mass is 9.86. The van der Waals surface area contributed by atoms with Gasteiger partial charge in [0.1, 0.15) is 6.33 Å². The predicted molar refractivity (Wildman–Crippen MR) is 61.7 cm³/mol. The number of nitrogens with zero attached hydrogens (tertiary/aromatic N) is 2. The van der Waals surface area contributed by atoms with Crippen molar-refractivity contribution >= 4 is 0 Å². The van der Waals surface area contributed by atoms with Gasteiger partial charge in [0, 0.05) is 31.0 Å². The third-order valence-corrected chi connectivity index (χ3v) is 3.22. The Morgan fingerprint density at radius 2 is 2.00 bits per heavy atom. The maximum absolute atomic E-state index is 9.80. The molecule has 1 aromatic rings. The van der Waals surface area contributed by atoms with Crippen LogP contribution in [0, 0.1) is 5.92 Å². The van der Waals surface area contributed by atoms with Crippen LogP contribution in [0.3, 0.4) is 0 Å². The van der Waals surface area contributed by atoms with Gasteiger partial charge in [-0.05, 0) is 18.8 Å². The third kappa shape index (κ3) is 3.25. The number of hydrogen-bond donors (Lipinski definition) is 2. The average molecular weight is 221 g/mol. The summed E-state index contributed by atoms with van der Waals surface area (Å²) in [5.74, 6) is 0.415. The van der Waals surface area contributed by atoms with E-state index in [-0.39, 0.29) is 6.10 Å². The van der Waals surface area contributed by atoms with E-state index in [2.05, 4.69) is 15.3 Å². The van der Waals surface area contributed by atoms with Gasteiger partial charge in [0.25, 0.3) is 0 Å². The Morgan fingerprint density at radius 1 is 1.25 bits per heavy atom. The summed E-state index contributed by atoms with van der Waals surface area (Å²) < 4.78 is 0. The molecule has 4 heteroatoms. The Bertz CT molecular complexity index is 304. The van der Waals surface area contributed by atoms with Crippen LogP contribution in [-0.2, 0) is 6.54 Å². The molecule has 1 aliphatic rings. The Hall–Kier alpha value is -1.00. The molecule has 2 rings (SSSR count). The summed E-state index contributed by atoms with van der Waals surface area (Å²) in [5.41, 5.74) is 1.09. The first-order valence-corrected chi connectivity index (χ1v) is 5.99. The fourth-order valence-corrected chi connectivity index (χ4v) is 2.25. The second-order valence-corrected chi connectivity index (χ2v) is 4.49. The zero-order chi connectivity index (χ0) is 11.2. The van der Waals surface area contributed by atoms with Gasteiger partial charge >= 0.3 is 0 Å². The van der Waals surface area contributed by atoms with E-state index >= 15 is 0 Å². The molecule has 88 valence electrons. The molecule has 1 aliphatic carbocycles. The van der Waals surface area contributed by atoms with Crippen molar-refractivity contribution in [2.24, 2.45) is 5.92 Å². The van der Waals surface area contributed by atoms with Gasteiger partial charge in [-0.15, -0.1) is 0 Å². The Kier molecular flexibility index (Phi) is 4.25. The van der Waals surface area contributed by atoms with Gasteiger partial charge in [0.2, 0.25) is 0 Å². The standard InChI is InChI=1S/C12H19N3O/c16-12-4-2-1-3-11(12)8-13-5-10-6-14-9-15-7-10/h6-7,9,11-13,16H,1-5,8H2. The molecular weight excluding hydrogens is 202 g/mol. The smallest absolute Gasteiger partial charge is 0.115 e. The van der Waals surface area contributed by atoms with Crippen molar-refractivity contribution < 1.29 is 5.11 Å². The Morgan fingerprint density at radius 3 is 2.75 bits per heavy atom. The second-order valence-electron chi connectivity index (χ2n) is 4.49. The molecule has 0 aromatic carbocycles. The normalized spacial score (nSPS) is 25.6. The lowest BCUT2D eigenvalue weighted by Gasteiger charge is -2.27. The van der Waals surface area contributed by atoms with E-state index in [0.717, 1.165) is 31.5 Å². The van der Waals surface area contributed by atoms with E-state index in [1.54, 1.807) is 0 Å². The average Bonchev–Trinajstić information content (AvgIpc) is 2.33. The molecule has 1 saturated carbocycles. The number of hydrogen-bond acceptors (Lipinski definition) is 4. The molecule has 2 atom stereocenters. The molecule has 0 amide bonds. The first-order chi connectivity index (χ1) is 7.86. The van der Waals surface area contributed by atoms with E-state index in [1.165, 1.54) is 19.2 Å². The summed E-state index contributed by atoms with van der Waals surface area (Å²) in [4.78, 5) is 7.93. The van der Waals surface area contributed by atoms with Gasteiger partial charge in [0.05, 0.1) is 6.10 Å². The molecule has 16 heavy (non-hydrogen) atoms. The van der Waals surface area contributed by atoms with Crippen molar-refractivity contribution in [1.82, 2.24) is 15.3 Å². The largest absolute Gasteiger partial charge is 0.393 e. The molecule has 2 unspecified atom stereocenters. The zero-order valence-electron chi connectivity index (χ0n) is 9.47. The van der Waals surface area contributed by atoms with Gasteiger partial charge in [-0.2, -0.15) is 0 Å². The van der Waals surface area contributed by atoms with Crippen molar-refractivity contribution in [1.29, 1.82) is 0 Å². The molecule has 0 bridgehead atoms. The number of nitrogens with one attached hydrogen (secondary N) is 1. The van der Waals surface area contributed by atoms with Crippen LogP contribution in [-0.4, -0.2) is 27.7 Å². The van der Waals surface area contributed by atoms with Gasteiger partial charge in [-0.25, -0.2) is 9.97 Å². The van der Waals surface area contributed by atoms with E-state index in [1.807, 2.05) is 12.4 Å². The molecule has 0 saturated heterocycles. The highest BCUT2D eigenvalue weighted by molar-refractivity contribution is 5.01. The molecule has 1 heterocycles. The first kappa shape index (κ1) is 11.5. The summed E-state index contributed by atoms with van der Waals surface area (Å²) in [7, 11) is 0. The first-order valence-electron chi connectivity index (χ1n) is 5.99. The SMILES string of the molecule is OC1CCCCC1CNCc1cncnc1. The van der Waals surface area contributed by atoms with E-state index in [9.17, 15) is 5.11 Å². The minimum absolute atomic E-state index is 0.117. The molecule has 0 spiro atoms. The molecule has 2 N–H and O–H groups in total. The van der Waals surface area contributed by atoms with Gasteiger partial charge in [0.15, 0.2) is 0 Å². The molecule has 0 aliphatic heterocycles. The van der Waals surface area contributed by atoms with Crippen LogP contribution >= 0.6 is 0 Å². The van der Waals surface area contributed by atoms with Crippen LogP contribution in [0.15, 0.2) is 18.7 Å². The molecule has 0 radical (unpaired) electrons. The van der Waals surface area contributed by atoms with E-state index in [4.69, 9.17) is 0 Å². The molecule has 1 fully saturated rings. The second kappa shape index (κ2) is 5.92. The number of aromatic nitrogens is 2. The van der Waals surface area contributed by atoms with Crippen LogP contribution in [0.5, 0.6) is 0 Å². The highest BCUT2D eigenvalue weighted by atomic mass is 16.3. The third-order valence-electron chi connectivity index (χ3n) is 3.22. The lowest BCUT2D eigenvalue weighted by molar-refractivity contribution is 0.0695. The summed E-state index contributed by atoms with van der Waals surface area (Å²) in [6, 6.07) is 0. The quantitative estimate of drug-likeness (QED) is 0.800. The summed E-state index contributed by atoms with van der Waals surface area (Å²) in [5, 5.41) is 13.2. The Labute approximate surface area is 96.1 Å². The minimum atomic E-state index is -0.117. The van der Waals surface area contributed by atoms with Gasteiger partial charge in [-0.1, -0.05) is 12.8 Å². The Balaban J connectivity index is 1.71. The van der Waals surface area contributed by atoms with Crippen LogP contribution in [0.1, 0.15) is 31.2 Å². The minimum Gasteiger partial charge on any atom is -0.393 e. The molecule has 1 aromatic heterocycles. The number of aliphatic hydroxyl groups excluding tert-OH is 1. The fraction of sp³-hybridized carbons (Fsp3) is 0.667. The molecular formula is C12H19N3O. The van der Waals surface area contributed by atoms with E-state index in [0.29, 0.717) is 5.92 Å². The summed E-state index contributed by atoms with van der Waals surface area (Å²) in [6.45, 7) is 1.67. The maximum Gasteiger partial charge on any atom is 0.115 e. The zero-order valence-corrected chi connectivity index (χ0v) is 9.47. The fourth-order valence-electron chi connectivity index (χ4n) is 2.25. The van der Waals surface area contributed by atoms with Crippen molar-refractivity contribution in [3.05, 3.63) is 24.3 Å². The van der Waals surface area contributed by atoms with Crippen LogP contribution in [0.25, 0.3) is 0 Å². The van der Waals surface area contributed by atoms with Crippen molar-refractivity contribution in [3.63, 3.8) is 0 Å². The molecule has 4 nitrogen and oxygen atoms in total. The summed E-state index contributed by atoms with van der Waals surface area (Å²) >= 11 is 0. The van der Waals surface area contributed by atoms with Gasteiger partial charge < -0.3 is 10.4 Å². The number of rotatable bonds is 4. The topological polar surface area (TPSA) is 58.0 Å². The van der Waals surface area contributed by atoms with Crippen molar-refractivity contribution in [3.8, 4) is 0 Å². The van der Waals surface area contributed by atoms with Crippen molar-refractivity contribution in [2.75, 3.05) is 6.54 Å². The van der Waals surface area contributed by atoms with Crippen LogP contribution < -0.4 is 5.32 Å². The van der Waals surface area contributed by atoms with E-state index < -0.39 is 0 Å².